The molecular formula is C11H9IO3S. The van der Waals surface area contributed by atoms with Crippen molar-refractivity contribution in [1.29, 1.82) is 0 Å². The van der Waals surface area contributed by atoms with Crippen molar-refractivity contribution in [2.24, 2.45) is 0 Å². The molecule has 1 aliphatic heterocycles. The van der Waals surface area contributed by atoms with E-state index in [9.17, 15) is 9.59 Å². The lowest BCUT2D eigenvalue weighted by Crippen LogP contribution is -2.20. The molecule has 1 aromatic rings. The number of benzene rings is 1. The predicted octanol–water partition coefficient (Wildman–Crippen LogP) is 2.81. The van der Waals surface area contributed by atoms with Gasteiger partial charge in [-0.3, -0.25) is 9.59 Å². The molecule has 16 heavy (non-hydrogen) atoms. The molecule has 0 saturated heterocycles. The van der Waals surface area contributed by atoms with E-state index in [4.69, 9.17) is 5.11 Å². The number of rotatable bonds is 2. The third-order valence-electron chi connectivity index (χ3n) is 2.35. The van der Waals surface area contributed by atoms with Crippen LogP contribution in [0.5, 0.6) is 0 Å². The normalized spacial score (nSPS) is 19.3. The molecule has 0 spiro atoms. The largest absolute Gasteiger partial charge is 0.481 e. The van der Waals surface area contributed by atoms with Gasteiger partial charge < -0.3 is 5.11 Å². The Bertz CT molecular complexity index is 459. The number of hydrogen-bond acceptors (Lipinski definition) is 3. The molecular weight excluding hydrogens is 339 g/mol. The molecule has 1 heterocycles. The van der Waals surface area contributed by atoms with Gasteiger partial charge in [-0.25, -0.2) is 0 Å². The Labute approximate surface area is 111 Å². The van der Waals surface area contributed by atoms with Crippen LogP contribution in [0.15, 0.2) is 23.1 Å². The summed E-state index contributed by atoms with van der Waals surface area (Å²) in [6.07, 6.45) is 0.367. The van der Waals surface area contributed by atoms with E-state index in [1.54, 1.807) is 0 Å². The number of aliphatic carboxylic acids is 1. The number of carbonyl (C=O) groups is 2. The molecule has 0 amide bonds. The molecule has 0 saturated carbocycles. The first-order chi connectivity index (χ1) is 7.56. The highest BCUT2D eigenvalue weighted by atomic mass is 127. The minimum absolute atomic E-state index is 0.0435. The topological polar surface area (TPSA) is 54.4 Å². The highest BCUT2D eigenvalue weighted by Gasteiger charge is 2.27. The zero-order chi connectivity index (χ0) is 11.7. The number of carboxylic acids is 1. The van der Waals surface area contributed by atoms with Gasteiger partial charge >= 0.3 is 5.97 Å². The van der Waals surface area contributed by atoms with Gasteiger partial charge in [0.1, 0.15) is 0 Å². The predicted molar refractivity (Wildman–Crippen MR) is 70.0 cm³/mol. The standard InChI is InChI=1S/C11H9IO3S/c12-6-1-2-10-8(3-6)9(13)4-7(16-10)5-11(14)15/h1-3,7H,4-5H2,(H,14,15). The van der Waals surface area contributed by atoms with E-state index in [0.717, 1.165) is 14.0 Å². The smallest absolute Gasteiger partial charge is 0.304 e. The van der Waals surface area contributed by atoms with Crippen molar-refractivity contribution in [3.8, 4) is 0 Å². The Kier molecular flexibility index (Phi) is 3.53. The fourth-order valence-corrected chi connectivity index (χ4v) is 3.43. The third-order valence-corrected chi connectivity index (χ3v) is 4.30. The molecule has 1 aliphatic rings. The first-order valence-electron chi connectivity index (χ1n) is 4.77. The van der Waals surface area contributed by atoms with Gasteiger partial charge in [0.2, 0.25) is 0 Å². The summed E-state index contributed by atoms with van der Waals surface area (Å²) in [6, 6.07) is 5.69. The second-order valence-corrected chi connectivity index (χ2v) is 6.19. The summed E-state index contributed by atoms with van der Waals surface area (Å²) < 4.78 is 1.03. The Morgan fingerprint density at radius 3 is 3.00 bits per heavy atom. The van der Waals surface area contributed by atoms with Gasteiger partial charge in [-0.1, -0.05) is 0 Å². The van der Waals surface area contributed by atoms with Crippen LogP contribution in [-0.2, 0) is 4.79 Å². The van der Waals surface area contributed by atoms with Crippen LogP contribution in [0.3, 0.4) is 0 Å². The van der Waals surface area contributed by atoms with Gasteiger partial charge in [0.15, 0.2) is 5.78 Å². The molecule has 1 atom stereocenters. The van der Waals surface area contributed by atoms with Crippen molar-refractivity contribution in [3.63, 3.8) is 0 Å². The van der Waals surface area contributed by atoms with Crippen molar-refractivity contribution in [3.05, 3.63) is 27.3 Å². The zero-order valence-corrected chi connectivity index (χ0v) is 11.2. The maximum atomic E-state index is 11.8. The molecule has 0 aliphatic carbocycles. The lowest BCUT2D eigenvalue weighted by Gasteiger charge is -2.21. The van der Waals surface area contributed by atoms with Gasteiger partial charge in [-0.05, 0) is 40.8 Å². The van der Waals surface area contributed by atoms with Crippen LogP contribution in [0, 0.1) is 3.57 Å². The lowest BCUT2D eigenvalue weighted by molar-refractivity contribution is -0.136. The maximum absolute atomic E-state index is 11.8. The summed E-state index contributed by atoms with van der Waals surface area (Å²) in [7, 11) is 0. The van der Waals surface area contributed by atoms with Gasteiger partial charge in [-0.15, -0.1) is 11.8 Å². The van der Waals surface area contributed by atoms with Crippen molar-refractivity contribution < 1.29 is 14.7 Å². The third kappa shape index (κ3) is 2.57. The van der Waals surface area contributed by atoms with E-state index in [2.05, 4.69) is 22.6 Å². The highest BCUT2D eigenvalue weighted by Crippen LogP contribution is 2.37. The molecule has 0 fully saturated rings. The molecule has 1 unspecified atom stereocenters. The van der Waals surface area contributed by atoms with E-state index in [1.807, 2.05) is 18.2 Å². The minimum Gasteiger partial charge on any atom is -0.481 e. The van der Waals surface area contributed by atoms with Crippen molar-refractivity contribution in [1.82, 2.24) is 0 Å². The second kappa shape index (κ2) is 4.75. The first kappa shape index (κ1) is 11.9. The van der Waals surface area contributed by atoms with Crippen molar-refractivity contribution >= 4 is 46.1 Å². The number of ketones is 1. The summed E-state index contributed by atoms with van der Waals surface area (Å²) in [5.41, 5.74) is 0.735. The minimum atomic E-state index is -0.848. The Morgan fingerprint density at radius 2 is 2.31 bits per heavy atom. The lowest BCUT2D eigenvalue weighted by atomic mass is 10.0. The summed E-state index contributed by atoms with van der Waals surface area (Å²) in [4.78, 5) is 23.3. The molecule has 84 valence electrons. The van der Waals surface area contributed by atoms with E-state index in [0.29, 0.717) is 6.42 Å². The first-order valence-corrected chi connectivity index (χ1v) is 6.73. The quantitative estimate of drug-likeness (QED) is 0.836. The van der Waals surface area contributed by atoms with Crippen molar-refractivity contribution in [2.75, 3.05) is 0 Å². The van der Waals surface area contributed by atoms with Crippen molar-refractivity contribution in [2.45, 2.75) is 23.0 Å². The molecule has 1 N–H and O–H groups in total. The Balaban J connectivity index is 2.26. The average molecular weight is 348 g/mol. The number of Topliss-reactive ketones (excluding diaryl/α,β-unsaturated/α-hetero) is 1. The van der Waals surface area contributed by atoms with E-state index < -0.39 is 5.97 Å². The molecule has 1 aromatic carbocycles. The Morgan fingerprint density at radius 1 is 1.56 bits per heavy atom. The molecule has 0 radical (unpaired) electrons. The number of carbonyl (C=O) groups excluding carboxylic acids is 1. The summed E-state index contributed by atoms with van der Waals surface area (Å²) in [6.45, 7) is 0. The van der Waals surface area contributed by atoms with Gasteiger partial charge in [0, 0.05) is 25.7 Å². The SMILES string of the molecule is O=C(O)CC1CC(=O)c2cc(I)ccc2S1. The van der Waals surface area contributed by atoms with Crippen LogP contribution in [0.4, 0.5) is 0 Å². The van der Waals surface area contributed by atoms with Gasteiger partial charge in [-0.2, -0.15) is 0 Å². The fourth-order valence-electron chi connectivity index (χ4n) is 1.67. The average Bonchev–Trinajstić information content (AvgIpc) is 2.18. The van der Waals surface area contributed by atoms with E-state index in [-0.39, 0.29) is 17.5 Å². The number of halogens is 1. The Hall–Kier alpha value is -0.560. The van der Waals surface area contributed by atoms with Crippen LogP contribution in [0.2, 0.25) is 0 Å². The molecule has 2 rings (SSSR count). The second-order valence-electron chi connectivity index (χ2n) is 3.61. The monoisotopic (exact) mass is 348 g/mol. The zero-order valence-electron chi connectivity index (χ0n) is 8.27. The van der Waals surface area contributed by atoms with Crippen LogP contribution in [0.1, 0.15) is 23.2 Å². The molecule has 5 heteroatoms. The maximum Gasteiger partial charge on any atom is 0.304 e. The van der Waals surface area contributed by atoms with Gasteiger partial charge in [0.25, 0.3) is 0 Å². The number of carboxylic acid groups (broad SMARTS) is 1. The fraction of sp³-hybridized carbons (Fsp3) is 0.273. The number of thioether (sulfide) groups is 1. The van der Waals surface area contributed by atoms with Crippen LogP contribution in [-0.4, -0.2) is 22.1 Å². The number of hydrogen-bond donors (Lipinski definition) is 1. The molecule has 0 bridgehead atoms. The summed E-state index contributed by atoms with van der Waals surface area (Å²) >= 11 is 3.66. The van der Waals surface area contributed by atoms with E-state index >= 15 is 0 Å². The summed E-state index contributed by atoms with van der Waals surface area (Å²) in [5, 5.41) is 8.59. The molecule has 0 aromatic heterocycles. The van der Waals surface area contributed by atoms with Crippen LogP contribution in [0.25, 0.3) is 0 Å². The van der Waals surface area contributed by atoms with Gasteiger partial charge in [0.05, 0.1) is 6.42 Å². The molecule has 3 nitrogen and oxygen atoms in total. The van der Waals surface area contributed by atoms with Crippen LogP contribution < -0.4 is 0 Å². The van der Waals surface area contributed by atoms with E-state index in [1.165, 1.54) is 11.8 Å². The number of fused-ring (bicyclic) bond motifs is 1. The summed E-state index contributed by atoms with van der Waals surface area (Å²) in [5.74, 6) is -0.794. The van der Waals surface area contributed by atoms with Crippen LogP contribution >= 0.6 is 34.4 Å². The highest BCUT2D eigenvalue weighted by molar-refractivity contribution is 14.1.